The van der Waals surface area contributed by atoms with Crippen molar-refractivity contribution in [2.24, 2.45) is 0 Å². The van der Waals surface area contributed by atoms with Gasteiger partial charge in [-0.2, -0.15) is 0 Å². The summed E-state index contributed by atoms with van der Waals surface area (Å²) in [5.74, 6) is 0.699. The number of furan rings is 1. The van der Waals surface area contributed by atoms with E-state index in [-0.39, 0.29) is 0 Å². The molecule has 0 spiro atoms. The molecule has 0 N–H and O–H groups in total. The number of hydrogen-bond acceptors (Lipinski definition) is 3. The van der Waals surface area contributed by atoms with Gasteiger partial charge in [-0.3, -0.25) is 0 Å². The third kappa shape index (κ3) is 1.48. The lowest BCUT2D eigenvalue weighted by molar-refractivity contribution is 0.586. The highest BCUT2D eigenvalue weighted by atomic mass is 35.5. The van der Waals surface area contributed by atoms with Crippen molar-refractivity contribution in [3.63, 3.8) is 0 Å². The molecule has 0 aliphatic rings. The number of halogens is 2. The minimum atomic E-state index is 0.370. The standard InChI is InChI=1S/C7H3Cl2NOS/c8-6-2-1-4(11-6)5-3-10-7(9)12-5/h1-3H. The van der Waals surface area contributed by atoms with Crippen molar-refractivity contribution in [2.75, 3.05) is 0 Å². The molecule has 0 bridgehead atoms. The molecule has 2 aromatic heterocycles. The van der Waals surface area contributed by atoms with Gasteiger partial charge in [-0.15, -0.1) is 0 Å². The van der Waals surface area contributed by atoms with E-state index < -0.39 is 0 Å². The molecule has 0 saturated heterocycles. The zero-order valence-corrected chi connectivity index (χ0v) is 8.08. The van der Waals surface area contributed by atoms with E-state index in [0.29, 0.717) is 15.4 Å². The van der Waals surface area contributed by atoms with Gasteiger partial charge in [0.1, 0.15) is 5.76 Å². The van der Waals surface area contributed by atoms with Crippen LogP contribution in [0, 0.1) is 0 Å². The zero-order chi connectivity index (χ0) is 8.55. The van der Waals surface area contributed by atoms with Crippen LogP contribution in [-0.2, 0) is 0 Å². The number of thiazole rings is 1. The summed E-state index contributed by atoms with van der Waals surface area (Å²) in [6.07, 6.45) is 1.65. The first-order chi connectivity index (χ1) is 5.75. The van der Waals surface area contributed by atoms with Crippen molar-refractivity contribution in [3.8, 4) is 10.6 Å². The Kier molecular flexibility index (Phi) is 2.09. The van der Waals surface area contributed by atoms with Crippen molar-refractivity contribution in [2.45, 2.75) is 0 Å². The molecule has 2 aromatic rings. The van der Waals surface area contributed by atoms with Crippen LogP contribution in [-0.4, -0.2) is 4.98 Å². The summed E-state index contributed by atoms with van der Waals surface area (Å²) < 4.78 is 5.66. The van der Waals surface area contributed by atoms with Crippen LogP contribution in [0.1, 0.15) is 0 Å². The van der Waals surface area contributed by atoms with E-state index >= 15 is 0 Å². The van der Waals surface area contributed by atoms with Crippen molar-refractivity contribution in [1.82, 2.24) is 4.98 Å². The minimum absolute atomic E-state index is 0.370. The third-order valence-electron chi connectivity index (χ3n) is 1.29. The maximum atomic E-state index is 5.65. The van der Waals surface area contributed by atoms with E-state index in [1.165, 1.54) is 11.3 Å². The SMILES string of the molecule is Clc1ccc(-c2cnc(Cl)s2)o1. The molecular weight excluding hydrogens is 217 g/mol. The molecule has 62 valence electrons. The van der Waals surface area contributed by atoms with E-state index in [9.17, 15) is 0 Å². The van der Waals surface area contributed by atoms with Gasteiger partial charge in [0, 0.05) is 0 Å². The van der Waals surface area contributed by atoms with Gasteiger partial charge in [-0.05, 0) is 23.7 Å². The molecule has 2 nitrogen and oxygen atoms in total. The molecule has 0 saturated carbocycles. The third-order valence-corrected chi connectivity index (χ3v) is 2.63. The second kappa shape index (κ2) is 3.09. The van der Waals surface area contributed by atoms with Gasteiger partial charge in [0.15, 0.2) is 9.69 Å². The number of nitrogens with zero attached hydrogens (tertiary/aromatic N) is 1. The van der Waals surface area contributed by atoms with E-state index in [4.69, 9.17) is 27.6 Å². The zero-order valence-electron chi connectivity index (χ0n) is 5.75. The van der Waals surface area contributed by atoms with Crippen LogP contribution in [0.3, 0.4) is 0 Å². The molecule has 0 aliphatic carbocycles. The Hall–Kier alpha value is -0.510. The van der Waals surface area contributed by atoms with Crippen LogP contribution in [0.4, 0.5) is 0 Å². The van der Waals surface area contributed by atoms with Gasteiger partial charge in [0.05, 0.1) is 11.1 Å². The van der Waals surface area contributed by atoms with Gasteiger partial charge in [-0.1, -0.05) is 22.9 Å². The minimum Gasteiger partial charge on any atom is -0.444 e. The van der Waals surface area contributed by atoms with E-state index in [1.807, 2.05) is 0 Å². The topological polar surface area (TPSA) is 26.0 Å². The molecule has 0 atom stereocenters. The molecule has 0 fully saturated rings. The monoisotopic (exact) mass is 219 g/mol. The maximum Gasteiger partial charge on any atom is 0.193 e. The van der Waals surface area contributed by atoms with Crippen LogP contribution in [0.25, 0.3) is 10.6 Å². The second-order valence-electron chi connectivity index (χ2n) is 2.08. The predicted molar refractivity (Wildman–Crippen MR) is 49.8 cm³/mol. The lowest BCUT2D eigenvalue weighted by Crippen LogP contribution is -1.60. The quantitative estimate of drug-likeness (QED) is 0.732. The molecule has 0 aromatic carbocycles. The molecule has 0 amide bonds. The fraction of sp³-hybridized carbons (Fsp3) is 0. The van der Waals surface area contributed by atoms with Crippen LogP contribution in [0.15, 0.2) is 22.7 Å². The average molecular weight is 220 g/mol. The number of aromatic nitrogens is 1. The Morgan fingerprint density at radius 3 is 2.67 bits per heavy atom. The van der Waals surface area contributed by atoms with Gasteiger partial charge in [-0.25, -0.2) is 4.98 Å². The smallest absolute Gasteiger partial charge is 0.193 e. The van der Waals surface area contributed by atoms with Crippen molar-refractivity contribution in [3.05, 3.63) is 28.0 Å². The van der Waals surface area contributed by atoms with Crippen LogP contribution < -0.4 is 0 Å². The Morgan fingerprint density at radius 1 is 1.33 bits per heavy atom. The summed E-state index contributed by atoms with van der Waals surface area (Å²) in [6.45, 7) is 0. The van der Waals surface area contributed by atoms with Gasteiger partial charge >= 0.3 is 0 Å². The van der Waals surface area contributed by atoms with Crippen LogP contribution >= 0.6 is 34.5 Å². The first kappa shape index (κ1) is 8.10. The van der Waals surface area contributed by atoms with Gasteiger partial charge < -0.3 is 4.42 Å². The summed E-state index contributed by atoms with van der Waals surface area (Å²) in [7, 11) is 0. The van der Waals surface area contributed by atoms with E-state index in [1.54, 1.807) is 18.3 Å². The first-order valence-electron chi connectivity index (χ1n) is 3.13. The van der Waals surface area contributed by atoms with Gasteiger partial charge in [0.2, 0.25) is 0 Å². The molecule has 0 unspecified atom stereocenters. The number of rotatable bonds is 1. The van der Waals surface area contributed by atoms with Crippen LogP contribution in [0.5, 0.6) is 0 Å². The van der Waals surface area contributed by atoms with Gasteiger partial charge in [0.25, 0.3) is 0 Å². The maximum absolute atomic E-state index is 5.65. The molecule has 2 rings (SSSR count). The summed E-state index contributed by atoms with van der Waals surface area (Å²) in [5, 5.41) is 0.370. The number of hydrogen-bond donors (Lipinski definition) is 0. The molecule has 0 aliphatic heterocycles. The molecule has 0 radical (unpaired) electrons. The van der Waals surface area contributed by atoms with Crippen LogP contribution in [0.2, 0.25) is 9.69 Å². The lowest BCUT2D eigenvalue weighted by Gasteiger charge is -1.85. The molecular formula is C7H3Cl2NOS. The Balaban J connectivity index is 2.43. The van der Waals surface area contributed by atoms with E-state index in [2.05, 4.69) is 4.98 Å². The highest BCUT2D eigenvalue weighted by Gasteiger charge is 2.06. The van der Waals surface area contributed by atoms with Crippen molar-refractivity contribution < 1.29 is 4.42 Å². The second-order valence-corrected chi connectivity index (χ2v) is 4.07. The molecule has 12 heavy (non-hydrogen) atoms. The fourth-order valence-electron chi connectivity index (χ4n) is 0.813. The molecule has 2 heterocycles. The largest absolute Gasteiger partial charge is 0.444 e. The molecule has 5 heteroatoms. The average Bonchev–Trinajstić information content (AvgIpc) is 2.58. The highest BCUT2D eigenvalue weighted by Crippen LogP contribution is 2.30. The Labute approximate surface area is 82.7 Å². The summed E-state index contributed by atoms with van der Waals surface area (Å²) in [6, 6.07) is 3.47. The fourth-order valence-corrected chi connectivity index (χ4v) is 1.86. The Bertz CT molecular complexity index is 357. The first-order valence-corrected chi connectivity index (χ1v) is 4.70. The predicted octanol–water partition coefficient (Wildman–Crippen LogP) is 3.71. The van der Waals surface area contributed by atoms with E-state index in [0.717, 1.165) is 4.88 Å². The summed E-state index contributed by atoms with van der Waals surface area (Å²) in [4.78, 5) is 4.76. The van der Waals surface area contributed by atoms with Crippen molar-refractivity contribution in [1.29, 1.82) is 0 Å². The normalized spacial score (nSPS) is 10.5. The Morgan fingerprint density at radius 2 is 2.17 bits per heavy atom. The van der Waals surface area contributed by atoms with Crippen molar-refractivity contribution >= 4 is 34.5 Å². The summed E-state index contributed by atoms with van der Waals surface area (Å²) in [5.41, 5.74) is 0. The summed E-state index contributed by atoms with van der Waals surface area (Å²) >= 11 is 12.6. The lowest BCUT2D eigenvalue weighted by atomic mass is 10.4. The highest BCUT2D eigenvalue weighted by molar-refractivity contribution is 7.18.